The second kappa shape index (κ2) is 8.21. The number of methoxy groups -OCH3 is 1. The van der Waals surface area contributed by atoms with Gasteiger partial charge >= 0.3 is 0 Å². The van der Waals surface area contributed by atoms with Gasteiger partial charge in [0.25, 0.3) is 5.69 Å². The number of nitro benzene ring substituents is 1. The van der Waals surface area contributed by atoms with Gasteiger partial charge in [-0.15, -0.1) is 0 Å². The van der Waals surface area contributed by atoms with Crippen molar-refractivity contribution in [3.8, 4) is 11.5 Å². The first-order valence-electron chi connectivity index (χ1n) is 6.74. The minimum Gasteiger partial charge on any atom is -0.493 e. The highest BCUT2D eigenvalue weighted by atomic mass is 16.6. The van der Waals surface area contributed by atoms with Gasteiger partial charge in [0.15, 0.2) is 17.8 Å². The summed E-state index contributed by atoms with van der Waals surface area (Å²) in [4.78, 5) is 23.4. The van der Waals surface area contributed by atoms with E-state index in [1.807, 2.05) is 13.8 Å². The predicted molar refractivity (Wildman–Crippen MR) is 78.3 cm³/mol. The van der Waals surface area contributed by atoms with Gasteiger partial charge in [0, 0.05) is 12.6 Å². The van der Waals surface area contributed by atoms with E-state index in [0.29, 0.717) is 25.2 Å². The number of likely N-dealkylation sites (N-methyl/N-ethyl adjacent to an activating group) is 1. The number of aldehydes is 1. The molecule has 0 aliphatic heterocycles. The first-order valence-corrected chi connectivity index (χ1v) is 6.74. The van der Waals surface area contributed by atoms with Gasteiger partial charge in [0.05, 0.1) is 23.7 Å². The van der Waals surface area contributed by atoms with Gasteiger partial charge in [-0.2, -0.15) is 0 Å². The smallest absolute Gasteiger partial charge is 0.283 e. The second-order valence-electron chi connectivity index (χ2n) is 4.31. The van der Waals surface area contributed by atoms with Crippen molar-refractivity contribution in [2.24, 2.45) is 0 Å². The van der Waals surface area contributed by atoms with Crippen LogP contribution in [0.4, 0.5) is 5.69 Å². The van der Waals surface area contributed by atoms with E-state index < -0.39 is 4.92 Å². The van der Waals surface area contributed by atoms with Crippen LogP contribution >= 0.6 is 0 Å². The highest BCUT2D eigenvalue weighted by Crippen LogP contribution is 2.33. The normalized spacial score (nSPS) is 10.5. The molecule has 1 aromatic rings. The Hall–Kier alpha value is -2.15. The lowest BCUT2D eigenvalue weighted by atomic mass is 10.1. The van der Waals surface area contributed by atoms with Gasteiger partial charge in [-0.05, 0) is 13.1 Å². The zero-order valence-electron chi connectivity index (χ0n) is 12.5. The fourth-order valence-electron chi connectivity index (χ4n) is 1.91. The molecule has 0 aliphatic rings. The highest BCUT2D eigenvalue weighted by Gasteiger charge is 2.19. The summed E-state index contributed by atoms with van der Waals surface area (Å²) in [5.41, 5.74) is -0.323. The van der Waals surface area contributed by atoms with Crippen molar-refractivity contribution in [1.29, 1.82) is 0 Å². The number of hydrogen-bond acceptors (Lipinski definition) is 6. The first kappa shape index (κ1) is 16.9. The monoisotopic (exact) mass is 296 g/mol. The molecule has 0 amide bonds. The molecule has 7 heteroatoms. The van der Waals surface area contributed by atoms with E-state index in [2.05, 4.69) is 4.90 Å². The summed E-state index contributed by atoms with van der Waals surface area (Å²) in [5.74, 6) is 0.573. The van der Waals surface area contributed by atoms with Crippen LogP contribution in [-0.4, -0.2) is 49.5 Å². The van der Waals surface area contributed by atoms with Gasteiger partial charge < -0.3 is 14.4 Å². The third-order valence-corrected chi connectivity index (χ3v) is 3.20. The number of rotatable bonds is 9. The molecule has 0 spiro atoms. The van der Waals surface area contributed by atoms with Crippen molar-refractivity contribution in [1.82, 2.24) is 4.90 Å². The number of hydrogen-bond donors (Lipinski definition) is 0. The standard InChI is InChI=1S/C14H20N2O5/c1-4-15(5-2)6-7-21-14-9-12(16(18)19)11(10-17)8-13(14)20-3/h8-10H,4-7H2,1-3H3. The molecule has 0 heterocycles. The molecule has 0 saturated carbocycles. The average molecular weight is 296 g/mol. The molecule has 0 fully saturated rings. The molecule has 21 heavy (non-hydrogen) atoms. The largest absolute Gasteiger partial charge is 0.493 e. The van der Waals surface area contributed by atoms with Crippen molar-refractivity contribution in [2.45, 2.75) is 13.8 Å². The molecule has 0 radical (unpaired) electrons. The maximum absolute atomic E-state index is 10.9. The third-order valence-electron chi connectivity index (χ3n) is 3.20. The average Bonchev–Trinajstić information content (AvgIpc) is 2.50. The number of carbonyl (C=O) groups is 1. The summed E-state index contributed by atoms with van der Waals surface area (Å²) in [6.07, 6.45) is 0.431. The molecular weight excluding hydrogens is 276 g/mol. The van der Waals surface area contributed by atoms with E-state index in [-0.39, 0.29) is 17.0 Å². The van der Waals surface area contributed by atoms with Crippen molar-refractivity contribution < 1.29 is 19.2 Å². The minimum atomic E-state index is -0.611. The van der Waals surface area contributed by atoms with Crippen LogP contribution in [0.15, 0.2) is 12.1 Å². The summed E-state index contributed by atoms with van der Waals surface area (Å²) in [6, 6.07) is 2.54. The van der Waals surface area contributed by atoms with Crippen LogP contribution in [0.25, 0.3) is 0 Å². The highest BCUT2D eigenvalue weighted by molar-refractivity contribution is 5.83. The lowest BCUT2D eigenvalue weighted by Crippen LogP contribution is -2.28. The number of ether oxygens (including phenoxy) is 2. The summed E-state index contributed by atoms with van der Waals surface area (Å²) in [7, 11) is 1.42. The molecule has 116 valence electrons. The van der Waals surface area contributed by atoms with Crippen LogP contribution in [0, 0.1) is 10.1 Å². The number of nitrogens with zero attached hydrogens (tertiary/aromatic N) is 2. The van der Waals surface area contributed by atoms with Crippen molar-refractivity contribution >= 4 is 12.0 Å². The Labute approximate surface area is 123 Å². The van der Waals surface area contributed by atoms with Crippen LogP contribution in [0.2, 0.25) is 0 Å². The molecule has 0 N–H and O–H groups in total. The second-order valence-corrected chi connectivity index (χ2v) is 4.31. The van der Waals surface area contributed by atoms with Crippen molar-refractivity contribution in [2.75, 3.05) is 33.4 Å². The molecule has 1 rings (SSSR count). The number of benzene rings is 1. The summed E-state index contributed by atoms with van der Waals surface area (Å²) in [6.45, 7) is 7.00. The quantitative estimate of drug-likeness (QED) is 0.394. The summed E-state index contributed by atoms with van der Waals surface area (Å²) >= 11 is 0. The molecule has 0 aliphatic carbocycles. The lowest BCUT2D eigenvalue weighted by molar-refractivity contribution is -0.385. The Balaban J connectivity index is 2.92. The van der Waals surface area contributed by atoms with Gasteiger partial charge in [-0.25, -0.2) is 0 Å². The Morgan fingerprint density at radius 2 is 1.95 bits per heavy atom. The van der Waals surface area contributed by atoms with Crippen molar-refractivity contribution in [3.05, 3.63) is 27.8 Å². The Kier molecular flexibility index (Phi) is 6.61. The van der Waals surface area contributed by atoms with Gasteiger partial charge in [0.1, 0.15) is 6.61 Å². The van der Waals surface area contributed by atoms with Gasteiger partial charge in [0.2, 0.25) is 0 Å². The SMILES string of the molecule is CCN(CC)CCOc1cc([N+](=O)[O-])c(C=O)cc1OC. The van der Waals surface area contributed by atoms with Crippen LogP contribution in [0.3, 0.4) is 0 Å². The molecule has 7 nitrogen and oxygen atoms in total. The van der Waals surface area contributed by atoms with Crippen LogP contribution in [0.5, 0.6) is 11.5 Å². The number of nitro groups is 1. The third kappa shape index (κ3) is 4.42. The maximum Gasteiger partial charge on any atom is 0.283 e. The molecule has 0 aromatic heterocycles. The fourth-order valence-corrected chi connectivity index (χ4v) is 1.91. The molecule has 0 bridgehead atoms. The van der Waals surface area contributed by atoms with Crippen LogP contribution < -0.4 is 9.47 Å². The van der Waals surface area contributed by atoms with E-state index in [0.717, 1.165) is 13.1 Å². The fraction of sp³-hybridized carbons (Fsp3) is 0.500. The summed E-state index contributed by atoms with van der Waals surface area (Å²) < 4.78 is 10.7. The molecule has 0 atom stereocenters. The Morgan fingerprint density at radius 1 is 1.29 bits per heavy atom. The predicted octanol–water partition coefficient (Wildman–Crippen LogP) is 2.14. The minimum absolute atomic E-state index is 0.0343. The van der Waals surface area contributed by atoms with E-state index in [9.17, 15) is 14.9 Å². The maximum atomic E-state index is 10.9. The Bertz CT molecular complexity index is 500. The van der Waals surface area contributed by atoms with Crippen molar-refractivity contribution in [3.63, 3.8) is 0 Å². The Morgan fingerprint density at radius 3 is 2.43 bits per heavy atom. The molecule has 0 unspecified atom stereocenters. The van der Waals surface area contributed by atoms with Crippen LogP contribution in [-0.2, 0) is 0 Å². The van der Waals surface area contributed by atoms with E-state index in [1.54, 1.807) is 0 Å². The molecule has 1 aromatic carbocycles. The lowest BCUT2D eigenvalue weighted by Gasteiger charge is -2.18. The molecule has 0 saturated heterocycles. The summed E-state index contributed by atoms with van der Waals surface area (Å²) in [5, 5.41) is 10.9. The van der Waals surface area contributed by atoms with Crippen LogP contribution in [0.1, 0.15) is 24.2 Å². The van der Waals surface area contributed by atoms with Gasteiger partial charge in [-0.3, -0.25) is 14.9 Å². The molecular formula is C14H20N2O5. The first-order chi connectivity index (χ1) is 10.1. The van der Waals surface area contributed by atoms with Gasteiger partial charge in [-0.1, -0.05) is 13.8 Å². The number of carbonyl (C=O) groups excluding carboxylic acids is 1. The van der Waals surface area contributed by atoms with E-state index in [1.165, 1.54) is 19.2 Å². The zero-order chi connectivity index (χ0) is 15.8. The topological polar surface area (TPSA) is 81.9 Å². The zero-order valence-corrected chi connectivity index (χ0v) is 12.5. The van der Waals surface area contributed by atoms with E-state index in [4.69, 9.17) is 9.47 Å². The van der Waals surface area contributed by atoms with E-state index >= 15 is 0 Å².